The fourth-order valence-electron chi connectivity index (χ4n) is 4.38. The smallest absolute Gasteiger partial charge is 0.275 e. The first-order valence-electron chi connectivity index (χ1n) is 10.9. The van der Waals surface area contributed by atoms with E-state index in [0.717, 1.165) is 27.6 Å². The van der Waals surface area contributed by atoms with Gasteiger partial charge in [-0.15, -0.1) is 0 Å². The van der Waals surface area contributed by atoms with Crippen molar-refractivity contribution in [2.45, 2.75) is 13.1 Å². The number of benzene rings is 3. The van der Waals surface area contributed by atoms with Gasteiger partial charge in [0.1, 0.15) is 24.4 Å². The summed E-state index contributed by atoms with van der Waals surface area (Å²) in [5.41, 5.74) is 11.1. The summed E-state index contributed by atoms with van der Waals surface area (Å²) in [4.78, 5) is 20.8. The monoisotopic (exact) mass is 438 g/mol. The number of ether oxygens (including phenoxy) is 2. The lowest BCUT2D eigenvalue weighted by Crippen LogP contribution is -2.17. The largest absolute Gasteiger partial charge is 0.486 e. The van der Waals surface area contributed by atoms with E-state index in [1.165, 1.54) is 0 Å². The average Bonchev–Trinajstić information content (AvgIpc) is 3.22. The van der Waals surface area contributed by atoms with E-state index in [2.05, 4.69) is 27.8 Å². The Hall–Kier alpha value is -4.10. The van der Waals surface area contributed by atoms with Crippen LogP contribution in [0, 0.1) is 0 Å². The van der Waals surface area contributed by atoms with Gasteiger partial charge in [0.25, 0.3) is 5.56 Å². The highest BCUT2D eigenvalue weighted by Crippen LogP contribution is 2.37. The second-order valence-corrected chi connectivity index (χ2v) is 8.11. The van der Waals surface area contributed by atoms with E-state index in [4.69, 9.17) is 20.2 Å². The standard InChI is InChI=1S/C26H22N4O3/c27-13-16-5-7-17(8-6-16)14-30-15-19(18-3-1-2-4-21(18)30)23-26(31)28-20-9-10-22-25(24(20)29-23)33-12-11-32-22/h1-10,15H,11-14,27H2,(H,28,31). The van der Waals surface area contributed by atoms with E-state index in [0.29, 0.717) is 54.5 Å². The quantitative estimate of drug-likeness (QED) is 0.445. The Balaban J connectivity index is 1.51. The maximum Gasteiger partial charge on any atom is 0.275 e. The number of hydrogen-bond acceptors (Lipinski definition) is 5. The molecule has 7 heteroatoms. The van der Waals surface area contributed by atoms with Crippen LogP contribution in [-0.2, 0) is 13.1 Å². The molecule has 0 amide bonds. The van der Waals surface area contributed by atoms with E-state index in [9.17, 15) is 4.79 Å². The number of hydrogen-bond donors (Lipinski definition) is 2. The number of aromatic nitrogens is 3. The molecular formula is C26H22N4O3. The van der Waals surface area contributed by atoms with Crippen molar-refractivity contribution < 1.29 is 9.47 Å². The van der Waals surface area contributed by atoms with Crippen molar-refractivity contribution in [3.8, 4) is 22.8 Å². The lowest BCUT2D eigenvalue weighted by Gasteiger charge is -2.19. The third kappa shape index (κ3) is 3.34. The number of para-hydroxylation sites is 1. The van der Waals surface area contributed by atoms with Crippen molar-refractivity contribution in [3.05, 3.63) is 88.3 Å². The molecule has 1 aliphatic heterocycles. The van der Waals surface area contributed by atoms with Crippen molar-refractivity contribution in [3.63, 3.8) is 0 Å². The Morgan fingerprint density at radius 2 is 1.76 bits per heavy atom. The minimum absolute atomic E-state index is 0.241. The molecule has 164 valence electrons. The topological polar surface area (TPSA) is 95.2 Å². The van der Waals surface area contributed by atoms with Crippen LogP contribution in [0.4, 0.5) is 0 Å². The van der Waals surface area contributed by atoms with Gasteiger partial charge in [-0.25, -0.2) is 4.98 Å². The molecule has 1 aliphatic rings. The second kappa shape index (κ2) is 7.79. The first-order valence-corrected chi connectivity index (χ1v) is 10.9. The fraction of sp³-hybridized carbons (Fsp3) is 0.154. The van der Waals surface area contributed by atoms with Crippen LogP contribution in [-0.4, -0.2) is 27.7 Å². The summed E-state index contributed by atoms with van der Waals surface area (Å²) in [5, 5.41) is 0.968. The molecule has 0 bridgehead atoms. The number of fused-ring (bicyclic) bond motifs is 4. The molecule has 3 N–H and O–H groups in total. The van der Waals surface area contributed by atoms with Gasteiger partial charge in [-0.05, 0) is 29.3 Å². The van der Waals surface area contributed by atoms with Crippen molar-refractivity contribution in [1.82, 2.24) is 14.5 Å². The molecule has 3 aromatic carbocycles. The molecule has 0 atom stereocenters. The fourth-order valence-corrected chi connectivity index (χ4v) is 4.38. The van der Waals surface area contributed by atoms with E-state index in [-0.39, 0.29) is 5.56 Å². The molecule has 0 unspecified atom stereocenters. The Morgan fingerprint density at radius 1 is 0.970 bits per heavy atom. The van der Waals surface area contributed by atoms with Crippen molar-refractivity contribution in [2.24, 2.45) is 5.73 Å². The van der Waals surface area contributed by atoms with Gasteiger partial charge in [0.2, 0.25) is 0 Å². The van der Waals surface area contributed by atoms with Gasteiger partial charge in [0.05, 0.1) is 5.52 Å². The van der Waals surface area contributed by atoms with Crippen LogP contribution in [0.3, 0.4) is 0 Å². The number of aromatic amines is 1. The van der Waals surface area contributed by atoms with Crippen LogP contribution in [0.1, 0.15) is 11.1 Å². The predicted octanol–water partition coefficient (Wildman–Crippen LogP) is 3.82. The minimum Gasteiger partial charge on any atom is -0.486 e. The molecule has 6 rings (SSSR count). The lowest BCUT2D eigenvalue weighted by atomic mass is 10.1. The molecule has 0 saturated carbocycles. The molecule has 3 heterocycles. The summed E-state index contributed by atoms with van der Waals surface area (Å²) < 4.78 is 13.7. The van der Waals surface area contributed by atoms with Gasteiger partial charge in [-0.2, -0.15) is 0 Å². The van der Waals surface area contributed by atoms with Crippen molar-refractivity contribution >= 4 is 21.9 Å². The van der Waals surface area contributed by atoms with Crippen LogP contribution in [0.15, 0.2) is 71.7 Å². The zero-order valence-electron chi connectivity index (χ0n) is 17.9. The molecule has 2 aromatic heterocycles. The Bertz CT molecular complexity index is 1550. The summed E-state index contributed by atoms with van der Waals surface area (Å²) in [5.74, 6) is 1.21. The molecule has 33 heavy (non-hydrogen) atoms. The van der Waals surface area contributed by atoms with Gasteiger partial charge < -0.3 is 24.8 Å². The molecular weight excluding hydrogens is 416 g/mol. The lowest BCUT2D eigenvalue weighted by molar-refractivity contribution is 0.173. The average molecular weight is 438 g/mol. The number of nitrogens with two attached hydrogens (primary N) is 1. The third-order valence-corrected chi connectivity index (χ3v) is 6.02. The van der Waals surface area contributed by atoms with Crippen molar-refractivity contribution in [2.75, 3.05) is 13.2 Å². The van der Waals surface area contributed by atoms with E-state index < -0.39 is 0 Å². The highest BCUT2D eigenvalue weighted by atomic mass is 16.6. The summed E-state index contributed by atoms with van der Waals surface area (Å²) in [7, 11) is 0. The summed E-state index contributed by atoms with van der Waals surface area (Å²) in [6.07, 6.45) is 2.00. The second-order valence-electron chi connectivity index (χ2n) is 8.11. The number of H-pyrrole nitrogens is 1. The molecule has 5 aromatic rings. The SMILES string of the molecule is NCc1ccc(Cn2cc(-c3nc4c5c(ccc4[nH]c3=O)OCCO5)c3ccccc32)cc1. The predicted molar refractivity (Wildman–Crippen MR) is 128 cm³/mol. The highest BCUT2D eigenvalue weighted by molar-refractivity contribution is 5.96. The molecule has 0 fully saturated rings. The maximum atomic E-state index is 13.1. The van der Waals surface area contributed by atoms with Crippen LogP contribution in [0.2, 0.25) is 0 Å². The Kier molecular flexibility index (Phi) is 4.62. The first kappa shape index (κ1) is 19.6. The Morgan fingerprint density at radius 3 is 2.61 bits per heavy atom. The summed E-state index contributed by atoms with van der Waals surface area (Å²) >= 11 is 0. The number of nitrogens with zero attached hydrogens (tertiary/aromatic N) is 2. The zero-order chi connectivity index (χ0) is 22.4. The number of nitrogens with one attached hydrogen (secondary N) is 1. The molecule has 7 nitrogen and oxygen atoms in total. The minimum atomic E-state index is -0.241. The van der Waals surface area contributed by atoms with E-state index >= 15 is 0 Å². The van der Waals surface area contributed by atoms with Crippen LogP contribution in [0.25, 0.3) is 33.2 Å². The normalized spacial score (nSPS) is 13.0. The van der Waals surface area contributed by atoms with Crippen LogP contribution < -0.4 is 20.8 Å². The molecule has 0 spiro atoms. The van der Waals surface area contributed by atoms with Gasteiger partial charge in [-0.1, -0.05) is 42.5 Å². The van der Waals surface area contributed by atoms with Gasteiger partial charge in [0.15, 0.2) is 11.5 Å². The highest BCUT2D eigenvalue weighted by Gasteiger charge is 2.20. The number of rotatable bonds is 4. The molecule has 0 aliphatic carbocycles. The van der Waals surface area contributed by atoms with Crippen molar-refractivity contribution in [1.29, 1.82) is 0 Å². The molecule has 0 saturated heterocycles. The van der Waals surface area contributed by atoms with Gasteiger partial charge in [0, 0.05) is 35.8 Å². The Labute approximate surface area is 189 Å². The van der Waals surface area contributed by atoms with E-state index in [1.54, 1.807) is 12.1 Å². The zero-order valence-corrected chi connectivity index (χ0v) is 17.9. The molecule has 0 radical (unpaired) electrons. The first-order chi connectivity index (χ1) is 16.2. The van der Waals surface area contributed by atoms with Gasteiger partial charge >= 0.3 is 0 Å². The maximum absolute atomic E-state index is 13.1. The van der Waals surface area contributed by atoms with Crippen LogP contribution >= 0.6 is 0 Å². The van der Waals surface area contributed by atoms with E-state index in [1.807, 2.05) is 36.5 Å². The summed E-state index contributed by atoms with van der Waals surface area (Å²) in [6, 6.07) is 19.9. The summed E-state index contributed by atoms with van der Waals surface area (Å²) in [6.45, 7) is 2.13. The van der Waals surface area contributed by atoms with Crippen LogP contribution in [0.5, 0.6) is 11.5 Å². The van der Waals surface area contributed by atoms with Gasteiger partial charge in [-0.3, -0.25) is 4.79 Å². The third-order valence-electron chi connectivity index (χ3n) is 6.02.